The molecular formula is C43H36N6O6. The molecule has 2 aliphatic rings. The average molecular weight is 733 g/mol. The molecule has 55 heavy (non-hydrogen) atoms. The Balaban J connectivity index is 0.834. The lowest BCUT2D eigenvalue weighted by Crippen LogP contribution is -2.43. The van der Waals surface area contributed by atoms with Gasteiger partial charge < -0.3 is 34.3 Å². The third kappa shape index (κ3) is 6.52. The number of furan rings is 2. The summed E-state index contributed by atoms with van der Waals surface area (Å²) in [6, 6.07) is 32.0. The quantitative estimate of drug-likeness (QED) is 0.145. The van der Waals surface area contributed by atoms with Crippen LogP contribution in [0.3, 0.4) is 0 Å². The number of H-pyrrole nitrogens is 1. The van der Waals surface area contributed by atoms with Gasteiger partial charge in [-0.25, -0.2) is 4.98 Å². The summed E-state index contributed by atoms with van der Waals surface area (Å²) < 4.78 is 11.6. The highest BCUT2D eigenvalue weighted by Gasteiger charge is 2.37. The van der Waals surface area contributed by atoms with Gasteiger partial charge in [0.2, 0.25) is 11.8 Å². The average Bonchev–Trinajstić information content (AvgIpc) is 4.07. The van der Waals surface area contributed by atoms with Gasteiger partial charge in [0.25, 0.3) is 11.8 Å². The van der Waals surface area contributed by atoms with Crippen LogP contribution in [0.1, 0.15) is 46.8 Å². The molecule has 3 aromatic heterocycles. The van der Waals surface area contributed by atoms with Gasteiger partial charge in [-0.15, -0.1) is 0 Å². The maximum atomic E-state index is 13.4. The Morgan fingerprint density at radius 3 is 1.58 bits per heavy atom. The van der Waals surface area contributed by atoms with Crippen LogP contribution in [0.2, 0.25) is 0 Å². The molecule has 2 aliphatic heterocycles. The van der Waals surface area contributed by atoms with E-state index in [0.717, 1.165) is 46.1 Å². The van der Waals surface area contributed by atoms with Crippen LogP contribution in [-0.2, 0) is 9.59 Å². The molecule has 4 amide bonds. The molecule has 2 atom stereocenters. The van der Waals surface area contributed by atoms with E-state index >= 15 is 0 Å². The maximum absolute atomic E-state index is 13.4. The van der Waals surface area contributed by atoms with Crippen LogP contribution < -0.4 is 10.6 Å². The van der Waals surface area contributed by atoms with E-state index in [1.54, 1.807) is 28.3 Å². The van der Waals surface area contributed by atoms with Gasteiger partial charge >= 0.3 is 0 Å². The van der Waals surface area contributed by atoms with Crippen molar-refractivity contribution in [3.8, 4) is 22.5 Å². The van der Waals surface area contributed by atoms with Gasteiger partial charge in [0, 0.05) is 46.4 Å². The largest absolute Gasteiger partial charge is 0.451 e. The van der Waals surface area contributed by atoms with Crippen molar-refractivity contribution in [3.05, 3.63) is 127 Å². The number of carbonyl (C=O) groups excluding carboxylic acids is 4. The molecule has 9 rings (SSSR count). The van der Waals surface area contributed by atoms with Crippen molar-refractivity contribution in [2.75, 3.05) is 23.7 Å². The fourth-order valence-corrected chi connectivity index (χ4v) is 7.64. The van der Waals surface area contributed by atoms with Crippen LogP contribution in [0, 0.1) is 0 Å². The molecule has 12 nitrogen and oxygen atoms in total. The Morgan fingerprint density at radius 1 is 0.618 bits per heavy atom. The van der Waals surface area contributed by atoms with E-state index in [-0.39, 0.29) is 35.1 Å². The minimum absolute atomic E-state index is 0.226. The van der Waals surface area contributed by atoms with E-state index in [4.69, 9.17) is 8.83 Å². The van der Waals surface area contributed by atoms with E-state index in [0.29, 0.717) is 48.5 Å². The highest BCUT2D eigenvalue weighted by molar-refractivity contribution is 6.03. The lowest BCUT2D eigenvalue weighted by Gasteiger charge is -2.23. The van der Waals surface area contributed by atoms with Crippen molar-refractivity contribution >= 4 is 56.9 Å². The number of hydrogen-bond donors (Lipinski definition) is 3. The molecular weight excluding hydrogens is 697 g/mol. The number of rotatable bonds is 8. The van der Waals surface area contributed by atoms with Gasteiger partial charge in [-0.2, -0.15) is 0 Å². The van der Waals surface area contributed by atoms with Crippen LogP contribution in [-0.4, -0.2) is 68.6 Å². The number of para-hydroxylation sites is 2. The number of imidazole rings is 1. The minimum Gasteiger partial charge on any atom is -0.451 e. The second-order valence-electron chi connectivity index (χ2n) is 13.9. The van der Waals surface area contributed by atoms with E-state index in [9.17, 15) is 19.2 Å². The standard InChI is InChI=1S/C43H36N6O6/c50-40(32-9-5-21-48(32)42(52)36-23-28-7-1-3-11-34(28)54-36)46-30-17-13-26(14-18-30)38-39(45-25-44-38)27-15-19-31(20-16-27)47-41(51)33-10-6-22-49(33)43(53)37-24-29-8-2-4-12-35(29)55-37/h1-4,7-8,11-20,23-25,32-33H,5-6,9-10,21-22H2,(H,44,45)(H,46,50)(H,47,51)/t32-,33-/m0/s1. The Hall–Kier alpha value is -6.95. The van der Waals surface area contributed by atoms with Gasteiger partial charge in [0.15, 0.2) is 11.5 Å². The fourth-order valence-electron chi connectivity index (χ4n) is 7.64. The SMILES string of the molecule is O=C(Nc1ccc(-c2nc[nH]c2-c2ccc(NC(=O)[C@@H]3CCCN3C(=O)c3cc4ccccc4o3)cc2)cc1)[C@@H]1CCCN1C(=O)c1cc2ccccc2o1. The third-order valence-corrected chi connectivity index (χ3v) is 10.4. The third-order valence-electron chi connectivity index (χ3n) is 10.4. The first-order valence-corrected chi connectivity index (χ1v) is 18.3. The lowest BCUT2D eigenvalue weighted by molar-refractivity contribution is -0.120. The smallest absolute Gasteiger partial charge is 0.290 e. The van der Waals surface area contributed by atoms with Crippen LogP contribution in [0.15, 0.2) is 124 Å². The summed E-state index contributed by atoms with van der Waals surface area (Å²) >= 11 is 0. The zero-order valence-electron chi connectivity index (χ0n) is 29.7. The number of anilines is 2. The number of nitrogens with one attached hydrogen (secondary N) is 3. The predicted molar refractivity (Wildman–Crippen MR) is 207 cm³/mol. The number of likely N-dealkylation sites (tertiary alicyclic amines) is 2. The van der Waals surface area contributed by atoms with Crippen molar-refractivity contribution in [1.82, 2.24) is 19.8 Å². The van der Waals surface area contributed by atoms with Crippen molar-refractivity contribution in [3.63, 3.8) is 0 Å². The number of fused-ring (bicyclic) bond motifs is 2. The van der Waals surface area contributed by atoms with Crippen LogP contribution in [0.5, 0.6) is 0 Å². The van der Waals surface area contributed by atoms with Crippen LogP contribution in [0.25, 0.3) is 44.5 Å². The number of benzene rings is 4. The molecule has 3 N–H and O–H groups in total. The summed E-state index contributed by atoms with van der Waals surface area (Å²) in [4.78, 5) is 64.4. The first-order valence-electron chi connectivity index (χ1n) is 18.3. The van der Waals surface area contributed by atoms with E-state index in [1.807, 2.05) is 97.1 Å². The first kappa shape index (κ1) is 33.9. The molecule has 2 fully saturated rings. The number of aromatic nitrogens is 2. The zero-order valence-corrected chi connectivity index (χ0v) is 29.7. The molecule has 2 saturated heterocycles. The Labute approximate surface area is 315 Å². The van der Waals surface area contributed by atoms with Crippen LogP contribution >= 0.6 is 0 Å². The minimum atomic E-state index is -0.603. The number of hydrogen-bond acceptors (Lipinski definition) is 7. The number of carbonyl (C=O) groups is 4. The van der Waals surface area contributed by atoms with Gasteiger partial charge in [0.1, 0.15) is 23.2 Å². The lowest BCUT2D eigenvalue weighted by atomic mass is 10.0. The fraction of sp³-hybridized carbons (Fsp3) is 0.186. The predicted octanol–water partition coefficient (Wildman–Crippen LogP) is 7.72. The van der Waals surface area contributed by atoms with Crippen molar-refractivity contribution in [2.24, 2.45) is 0 Å². The second kappa shape index (κ2) is 14.1. The van der Waals surface area contributed by atoms with Crippen LogP contribution in [0.4, 0.5) is 11.4 Å². The number of aromatic amines is 1. The molecule has 0 unspecified atom stereocenters. The monoisotopic (exact) mass is 732 g/mol. The molecule has 0 radical (unpaired) electrons. The normalized spacial score (nSPS) is 16.9. The van der Waals surface area contributed by atoms with E-state index in [1.165, 1.54) is 0 Å². The van der Waals surface area contributed by atoms with Crippen molar-refractivity contribution in [1.29, 1.82) is 0 Å². The Bertz CT molecular complexity index is 2330. The summed E-state index contributed by atoms with van der Waals surface area (Å²) in [5.74, 6) is -0.632. The second-order valence-corrected chi connectivity index (χ2v) is 13.9. The Kier molecular flexibility index (Phi) is 8.69. The first-order chi connectivity index (χ1) is 26.9. The summed E-state index contributed by atoms with van der Waals surface area (Å²) in [7, 11) is 0. The highest BCUT2D eigenvalue weighted by Crippen LogP contribution is 2.32. The molecule has 7 aromatic rings. The summed E-state index contributed by atoms with van der Waals surface area (Å²) in [6.45, 7) is 0.958. The van der Waals surface area contributed by atoms with E-state index in [2.05, 4.69) is 20.6 Å². The molecule has 0 spiro atoms. The highest BCUT2D eigenvalue weighted by atomic mass is 16.4. The van der Waals surface area contributed by atoms with Gasteiger partial charge in [-0.05, 0) is 74.2 Å². The van der Waals surface area contributed by atoms with Crippen molar-refractivity contribution in [2.45, 2.75) is 37.8 Å². The van der Waals surface area contributed by atoms with Gasteiger partial charge in [-0.1, -0.05) is 60.7 Å². The molecule has 5 heterocycles. The molecule has 0 bridgehead atoms. The number of amides is 4. The molecule has 12 heteroatoms. The summed E-state index contributed by atoms with van der Waals surface area (Å²) in [5.41, 5.74) is 5.69. The maximum Gasteiger partial charge on any atom is 0.290 e. The summed E-state index contributed by atoms with van der Waals surface area (Å²) in [6.07, 6.45) is 4.21. The molecule has 0 saturated carbocycles. The molecule has 274 valence electrons. The van der Waals surface area contributed by atoms with Gasteiger partial charge in [-0.3, -0.25) is 19.2 Å². The zero-order chi connectivity index (χ0) is 37.5. The molecule has 4 aromatic carbocycles. The summed E-state index contributed by atoms with van der Waals surface area (Å²) in [5, 5.41) is 7.64. The number of nitrogens with zero attached hydrogens (tertiary/aromatic N) is 3. The molecule has 0 aliphatic carbocycles. The van der Waals surface area contributed by atoms with Gasteiger partial charge in [0.05, 0.1) is 17.7 Å². The Morgan fingerprint density at radius 2 is 1.09 bits per heavy atom. The van der Waals surface area contributed by atoms with Crippen molar-refractivity contribution < 1.29 is 28.0 Å². The van der Waals surface area contributed by atoms with E-state index < -0.39 is 12.1 Å². The topological polar surface area (TPSA) is 154 Å².